The molecule has 5 heteroatoms. The van der Waals surface area contributed by atoms with Crippen LogP contribution < -0.4 is 10.1 Å². The molecule has 0 aliphatic rings. The van der Waals surface area contributed by atoms with Crippen molar-refractivity contribution in [1.29, 1.82) is 0 Å². The second-order valence-corrected chi connectivity index (χ2v) is 5.41. The Morgan fingerprint density at radius 3 is 2.80 bits per heavy atom. The zero-order chi connectivity index (χ0) is 14.4. The second-order valence-electron chi connectivity index (χ2n) is 4.25. The molecule has 0 bridgehead atoms. The van der Waals surface area contributed by atoms with Crippen molar-refractivity contribution in [3.8, 4) is 17.1 Å². The number of para-hydroxylation sites is 1. The smallest absolute Gasteiger partial charge is 0.165 e. The van der Waals surface area contributed by atoms with Crippen LogP contribution in [0.15, 0.2) is 30.5 Å². The molecule has 0 fully saturated rings. The molecule has 2 rings (SSSR count). The van der Waals surface area contributed by atoms with E-state index in [0.29, 0.717) is 12.4 Å². The highest BCUT2D eigenvalue weighted by Crippen LogP contribution is 2.28. The third-order valence-electron chi connectivity index (χ3n) is 2.71. The van der Waals surface area contributed by atoms with E-state index in [4.69, 9.17) is 4.74 Å². The van der Waals surface area contributed by atoms with E-state index in [1.165, 1.54) is 0 Å². The molecule has 1 aromatic heterocycles. The van der Waals surface area contributed by atoms with Crippen molar-refractivity contribution in [1.82, 2.24) is 9.97 Å². The van der Waals surface area contributed by atoms with E-state index in [0.717, 1.165) is 33.7 Å². The van der Waals surface area contributed by atoms with Crippen LogP contribution >= 0.6 is 22.6 Å². The first-order valence-corrected chi connectivity index (χ1v) is 7.82. The molecule has 1 aromatic carbocycles. The summed E-state index contributed by atoms with van der Waals surface area (Å²) in [5, 5.41) is 3.32. The largest absolute Gasteiger partial charge is 0.493 e. The summed E-state index contributed by atoms with van der Waals surface area (Å²) < 4.78 is 6.66. The fraction of sp³-hybridized carbons (Fsp3) is 0.333. The van der Waals surface area contributed by atoms with Gasteiger partial charge in [0.1, 0.15) is 11.6 Å². The Morgan fingerprint density at radius 2 is 2.05 bits per heavy atom. The van der Waals surface area contributed by atoms with Crippen molar-refractivity contribution in [2.45, 2.75) is 20.3 Å². The first kappa shape index (κ1) is 15.0. The molecule has 0 saturated heterocycles. The maximum atomic E-state index is 5.64. The van der Waals surface area contributed by atoms with Crippen LogP contribution in [0, 0.1) is 3.57 Å². The molecule has 1 heterocycles. The molecule has 0 unspecified atom stereocenters. The van der Waals surface area contributed by atoms with Gasteiger partial charge in [0.05, 0.1) is 15.7 Å². The standard InChI is InChI=1S/C15H18IN3O/c1-3-9-17-15-12(16)10-18-14(19-15)11-7-5-6-8-13(11)20-4-2/h5-8,10H,3-4,9H2,1-2H3,(H,17,18,19). The number of rotatable bonds is 6. The third-order valence-corrected chi connectivity index (χ3v) is 3.50. The van der Waals surface area contributed by atoms with Gasteiger partial charge in [-0.2, -0.15) is 0 Å². The van der Waals surface area contributed by atoms with Crippen LogP contribution in [0.3, 0.4) is 0 Å². The van der Waals surface area contributed by atoms with Crippen LogP contribution in [0.1, 0.15) is 20.3 Å². The van der Waals surface area contributed by atoms with Crippen molar-refractivity contribution in [3.63, 3.8) is 0 Å². The first-order valence-electron chi connectivity index (χ1n) is 6.74. The number of hydrogen-bond acceptors (Lipinski definition) is 4. The zero-order valence-electron chi connectivity index (χ0n) is 11.7. The molecule has 106 valence electrons. The lowest BCUT2D eigenvalue weighted by Crippen LogP contribution is -2.06. The number of halogens is 1. The summed E-state index contributed by atoms with van der Waals surface area (Å²) in [6.07, 6.45) is 2.90. The Labute approximate surface area is 133 Å². The molecule has 0 radical (unpaired) electrons. The summed E-state index contributed by atoms with van der Waals surface area (Å²) in [5.74, 6) is 2.38. The van der Waals surface area contributed by atoms with E-state index in [9.17, 15) is 0 Å². The molecule has 0 aliphatic heterocycles. The Bertz CT molecular complexity index is 575. The Hall–Kier alpha value is -1.37. The van der Waals surface area contributed by atoms with Gasteiger partial charge in [0, 0.05) is 12.7 Å². The predicted molar refractivity (Wildman–Crippen MR) is 90.1 cm³/mol. The highest BCUT2D eigenvalue weighted by atomic mass is 127. The van der Waals surface area contributed by atoms with E-state index < -0.39 is 0 Å². The number of nitrogens with zero attached hydrogens (tertiary/aromatic N) is 2. The van der Waals surface area contributed by atoms with Crippen molar-refractivity contribution in [2.75, 3.05) is 18.5 Å². The maximum absolute atomic E-state index is 5.64. The van der Waals surface area contributed by atoms with E-state index in [-0.39, 0.29) is 0 Å². The lowest BCUT2D eigenvalue weighted by atomic mass is 10.2. The van der Waals surface area contributed by atoms with Gasteiger partial charge >= 0.3 is 0 Å². The molecular formula is C15H18IN3O. The average molecular weight is 383 g/mol. The predicted octanol–water partition coefficient (Wildman–Crippen LogP) is 3.97. The Kier molecular flexibility index (Phi) is 5.58. The summed E-state index contributed by atoms with van der Waals surface area (Å²) in [7, 11) is 0. The van der Waals surface area contributed by atoms with Gasteiger partial charge in [-0.15, -0.1) is 0 Å². The highest BCUT2D eigenvalue weighted by Gasteiger charge is 2.11. The minimum atomic E-state index is 0.627. The van der Waals surface area contributed by atoms with Crippen molar-refractivity contribution < 1.29 is 4.74 Å². The number of aromatic nitrogens is 2. The van der Waals surface area contributed by atoms with Crippen LogP contribution in [-0.4, -0.2) is 23.1 Å². The van der Waals surface area contributed by atoms with Gasteiger partial charge in [0.15, 0.2) is 5.82 Å². The van der Waals surface area contributed by atoms with Gasteiger partial charge in [0.2, 0.25) is 0 Å². The Balaban J connectivity index is 2.37. The van der Waals surface area contributed by atoms with Gasteiger partial charge in [0.25, 0.3) is 0 Å². The molecular weight excluding hydrogens is 365 g/mol. The monoisotopic (exact) mass is 383 g/mol. The van der Waals surface area contributed by atoms with Crippen molar-refractivity contribution >= 4 is 28.4 Å². The molecule has 0 spiro atoms. The molecule has 0 amide bonds. The van der Waals surface area contributed by atoms with Gasteiger partial charge < -0.3 is 10.1 Å². The fourth-order valence-electron chi connectivity index (χ4n) is 1.80. The Morgan fingerprint density at radius 1 is 1.25 bits per heavy atom. The molecule has 20 heavy (non-hydrogen) atoms. The number of hydrogen-bond donors (Lipinski definition) is 1. The maximum Gasteiger partial charge on any atom is 0.165 e. The normalized spacial score (nSPS) is 10.3. The first-order chi connectivity index (χ1) is 9.76. The minimum Gasteiger partial charge on any atom is -0.493 e. The van der Waals surface area contributed by atoms with E-state index >= 15 is 0 Å². The van der Waals surface area contributed by atoms with Gasteiger partial charge in [-0.05, 0) is 48.1 Å². The second kappa shape index (κ2) is 7.42. The van der Waals surface area contributed by atoms with Crippen molar-refractivity contribution in [2.24, 2.45) is 0 Å². The molecule has 2 aromatic rings. The quantitative estimate of drug-likeness (QED) is 0.767. The van der Waals surface area contributed by atoms with E-state index in [1.54, 1.807) is 0 Å². The molecule has 0 saturated carbocycles. The number of anilines is 1. The zero-order valence-corrected chi connectivity index (χ0v) is 13.8. The molecule has 4 nitrogen and oxygen atoms in total. The van der Waals surface area contributed by atoms with Gasteiger partial charge in [-0.1, -0.05) is 19.1 Å². The summed E-state index contributed by atoms with van der Waals surface area (Å²) in [4.78, 5) is 9.03. The third kappa shape index (κ3) is 3.59. The molecule has 0 atom stereocenters. The summed E-state index contributed by atoms with van der Waals surface area (Å²) in [6.45, 7) is 5.63. The molecule has 0 aliphatic carbocycles. The number of nitrogens with one attached hydrogen (secondary N) is 1. The minimum absolute atomic E-state index is 0.627. The van der Waals surface area contributed by atoms with Crippen LogP contribution in [0.5, 0.6) is 5.75 Å². The van der Waals surface area contributed by atoms with E-state index in [1.807, 2.05) is 37.4 Å². The fourth-order valence-corrected chi connectivity index (χ4v) is 2.25. The number of ether oxygens (including phenoxy) is 1. The number of benzene rings is 1. The van der Waals surface area contributed by atoms with Crippen LogP contribution in [0.2, 0.25) is 0 Å². The van der Waals surface area contributed by atoms with Crippen LogP contribution in [0.25, 0.3) is 11.4 Å². The SMILES string of the molecule is CCCNc1nc(-c2ccccc2OCC)ncc1I. The summed E-state index contributed by atoms with van der Waals surface area (Å²) in [5.41, 5.74) is 0.922. The highest BCUT2D eigenvalue weighted by molar-refractivity contribution is 14.1. The van der Waals surface area contributed by atoms with Gasteiger partial charge in [-0.3, -0.25) is 0 Å². The van der Waals surface area contributed by atoms with Crippen molar-refractivity contribution in [3.05, 3.63) is 34.0 Å². The lowest BCUT2D eigenvalue weighted by molar-refractivity contribution is 0.341. The summed E-state index contributed by atoms with van der Waals surface area (Å²) in [6, 6.07) is 7.85. The van der Waals surface area contributed by atoms with Crippen LogP contribution in [0.4, 0.5) is 5.82 Å². The summed E-state index contributed by atoms with van der Waals surface area (Å²) >= 11 is 2.24. The van der Waals surface area contributed by atoms with Crippen LogP contribution in [-0.2, 0) is 0 Å². The van der Waals surface area contributed by atoms with E-state index in [2.05, 4.69) is 44.8 Å². The van der Waals surface area contributed by atoms with Gasteiger partial charge in [-0.25, -0.2) is 9.97 Å². The topological polar surface area (TPSA) is 47.0 Å². The lowest BCUT2D eigenvalue weighted by Gasteiger charge is -2.11. The average Bonchev–Trinajstić information content (AvgIpc) is 2.47. The molecule has 1 N–H and O–H groups in total.